The van der Waals surface area contributed by atoms with E-state index in [0.717, 1.165) is 0 Å². The quantitative estimate of drug-likeness (QED) is 0.566. The topological polar surface area (TPSA) is 3.24 Å². The van der Waals surface area contributed by atoms with Crippen LogP contribution < -0.4 is 0 Å². The van der Waals surface area contributed by atoms with E-state index in [2.05, 4.69) is 53.3 Å². The molecule has 0 heterocycles. The summed E-state index contributed by atoms with van der Waals surface area (Å²) in [4.78, 5) is 2.23. The second kappa shape index (κ2) is 2.98. The fourth-order valence-electron chi connectivity index (χ4n) is 0.826. The molecule has 0 fully saturated rings. The van der Waals surface area contributed by atoms with Gasteiger partial charge in [0.15, 0.2) is 0 Å². The zero-order valence-electron chi connectivity index (χ0n) is 8.73. The molecular weight excluding hydrogens is 134 g/mol. The Morgan fingerprint density at radius 2 is 1.45 bits per heavy atom. The predicted octanol–water partition coefficient (Wildman–Crippen LogP) is 2.54. The lowest BCUT2D eigenvalue weighted by Gasteiger charge is -2.44. The van der Waals surface area contributed by atoms with Crippen molar-refractivity contribution in [2.75, 3.05) is 14.1 Å². The summed E-state index contributed by atoms with van der Waals surface area (Å²) in [5.41, 5.74) is 0.311. The lowest BCUT2D eigenvalue weighted by atomic mass is 9.74. The van der Waals surface area contributed by atoms with Crippen molar-refractivity contribution in [1.82, 2.24) is 4.90 Å². The van der Waals surface area contributed by atoms with Crippen molar-refractivity contribution < 1.29 is 0 Å². The Hall–Kier alpha value is -0.300. The molecule has 1 heteroatoms. The molecule has 0 saturated heterocycles. The Labute approximate surface area is 71.1 Å². The van der Waals surface area contributed by atoms with Crippen molar-refractivity contribution in [3.8, 4) is 0 Å². The third-order valence-electron chi connectivity index (χ3n) is 3.21. The van der Waals surface area contributed by atoms with Gasteiger partial charge in [0.05, 0.1) is 0 Å². The standard InChI is InChI=1S/C10H21N/c1-8-9(2,3)10(4,5)11(6)7/h8H,1H2,2-7H3. The molecule has 0 rings (SSSR count). The van der Waals surface area contributed by atoms with Gasteiger partial charge in [-0.15, -0.1) is 6.58 Å². The zero-order valence-corrected chi connectivity index (χ0v) is 8.73. The minimum Gasteiger partial charge on any atom is -0.303 e. The van der Waals surface area contributed by atoms with Crippen molar-refractivity contribution in [2.45, 2.75) is 33.2 Å². The number of rotatable bonds is 3. The summed E-state index contributed by atoms with van der Waals surface area (Å²) in [6.45, 7) is 12.7. The molecule has 0 N–H and O–H groups in total. The van der Waals surface area contributed by atoms with Crippen molar-refractivity contribution >= 4 is 0 Å². The van der Waals surface area contributed by atoms with Crippen LogP contribution in [0.4, 0.5) is 0 Å². The van der Waals surface area contributed by atoms with Crippen LogP contribution in [0.3, 0.4) is 0 Å². The van der Waals surface area contributed by atoms with Gasteiger partial charge in [-0.2, -0.15) is 0 Å². The molecule has 0 amide bonds. The fourth-order valence-corrected chi connectivity index (χ4v) is 0.826. The van der Waals surface area contributed by atoms with Crippen LogP contribution >= 0.6 is 0 Å². The van der Waals surface area contributed by atoms with Crippen LogP contribution in [-0.4, -0.2) is 24.5 Å². The second-order valence-corrected chi connectivity index (χ2v) is 4.38. The number of nitrogens with zero attached hydrogens (tertiary/aromatic N) is 1. The summed E-state index contributed by atoms with van der Waals surface area (Å²) < 4.78 is 0. The molecule has 0 bridgehead atoms. The van der Waals surface area contributed by atoms with Crippen molar-refractivity contribution in [2.24, 2.45) is 5.41 Å². The highest BCUT2D eigenvalue weighted by molar-refractivity contribution is 5.03. The normalized spacial score (nSPS) is 13.7. The first-order chi connectivity index (χ1) is 4.75. The van der Waals surface area contributed by atoms with Gasteiger partial charge in [0, 0.05) is 11.0 Å². The summed E-state index contributed by atoms with van der Waals surface area (Å²) >= 11 is 0. The molecule has 0 aromatic heterocycles. The van der Waals surface area contributed by atoms with E-state index in [-0.39, 0.29) is 11.0 Å². The molecule has 11 heavy (non-hydrogen) atoms. The van der Waals surface area contributed by atoms with Gasteiger partial charge in [0.25, 0.3) is 0 Å². The highest BCUT2D eigenvalue weighted by atomic mass is 15.1. The minimum absolute atomic E-state index is 0.149. The molecule has 0 atom stereocenters. The van der Waals surface area contributed by atoms with E-state index < -0.39 is 0 Å². The molecule has 0 saturated carbocycles. The molecule has 0 aliphatic carbocycles. The SMILES string of the molecule is C=CC(C)(C)C(C)(C)N(C)C. The largest absolute Gasteiger partial charge is 0.303 e. The van der Waals surface area contributed by atoms with Crippen LogP contribution in [0.2, 0.25) is 0 Å². The van der Waals surface area contributed by atoms with Crippen molar-refractivity contribution in [3.05, 3.63) is 12.7 Å². The molecule has 0 aromatic rings. The van der Waals surface area contributed by atoms with Gasteiger partial charge in [0.2, 0.25) is 0 Å². The zero-order chi connectivity index (χ0) is 9.28. The first kappa shape index (κ1) is 10.7. The summed E-state index contributed by atoms with van der Waals surface area (Å²) in [5.74, 6) is 0. The van der Waals surface area contributed by atoms with Crippen LogP contribution in [0.1, 0.15) is 27.7 Å². The van der Waals surface area contributed by atoms with Crippen LogP contribution in [0.25, 0.3) is 0 Å². The minimum atomic E-state index is 0.149. The van der Waals surface area contributed by atoms with Crippen molar-refractivity contribution in [3.63, 3.8) is 0 Å². The first-order valence-corrected chi connectivity index (χ1v) is 4.06. The third-order valence-corrected chi connectivity index (χ3v) is 3.21. The van der Waals surface area contributed by atoms with Crippen LogP contribution in [0.5, 0.6) is 0 Å². The molecule has 0 aliphatic heterocycles. The van der Waals surface area contributed by atoms with E-state index in [1.807, 2.05) is 6.08 Å². The smallest absolute Gasteiger partial charge is 0.0232 e. The van der Waals surface area contributed by atoms with E-state index in [1.165, 1.54) is 0 Å². The lowest BCUT2D eigenvalue weighted by Crippen LogP contribution is -2.49. The van der Waals surface area contributed by atoms with E-state index in [0.29, 0.717) is 0 Å². The summed E-state index contributed by atoms with van der Waals surface area (Å²) in [7, 11) is 4.20. The van der Waals surface area contributed by atoms with E-state index in [9.17, 15) is 0 Å². The van der Waals surface area contributed by atoms with E-state index >= 15 is 0 Å². The van der Waals surface area contributed by atoms with Crippen LogP contribution in [-0.2, 0) is 0 Å². The first-order valence-electron chi connectivity index (χ1n) is 4.06. The molecule has 66 valence electrons. The van der Waals surface area contributed by atoms with Gasteiger partial charge in [-0.05, 0) is 27.9 Å². The average molecular weight is 155 g/mol. The number of hydrogen-bond acceptors (Lipinski definition) is 1. The summed E-state index contributed by atoms with van der Waals surface area (Å²) in [6.07, 6.45) is 2.02. The predicted molar refractivity (Wildman–Crippen MR) is 51.7 cm³/mol. The average Bonchev–Trinajstić information content (AvgIpc) is 1.87. The van der Waals surface area contributed by atoms with E-state index in [1.54, 1.807) is 0 Å². The Kier molecular flexibility index (Phi) is 2.90. The monoisotopic (exact) mass is 155 g/mol. The molecule has 0 spiro atoms. The maximum Gasteiger partial charge on any atom is 0.0232 e. The van der Waals surface area contributed by atoms with Gasteiger partial charge in [-0.1, -0.05) is 19.9 Å². The third kappa shape index (κ3) is 1.84. The second-order valence-electron chi connectivity index (χ2n) is 4.38. The lowest BCUT2D eigenvalue weighted by molar-refractivity contribution is 0.0866. The Balaban J connectivity index is 4.66. The highest BCUT2D eigenvalue weighted by Crippen LogP contribution is 2.34. The summed E-state index contributed by atoms with van der Waals surface area (Å²) in [6, 6.07) is 0. The van der Waals surface area contributed by atoms with Crippen LogP contribution in [0.15, 0.2) is 12.7 Å². The molecule has 1 nitrogen and oxygen atoms in total. The van der Waals surface area contributed by atoms with Crippen LogP contribution in [0, 0.1) is 5.41 Å². The Morgan fingerprint density at radius 3 is 1.55 bits per heavy atom. The van der Waals surface area contributed by atoms with Gasteiger partial charge in [-0.25, -0.2) is 0 Å². The maximum absolute atomic E-state index is 3.85. The number of hydrogen-bond donors (Lipinski definition) is 0. The molecule has 0 radical (unpaired) electrons. The van der Waals surface area contributed by atoms with Gasteiger partial charge < -0.3 is 4.90 Å². The van der Waals surface area contributed by atoms with Gasteiger partial charge in [0.1, 0.15) is 0 Å². The van der Waals surface area contributed by atoms with Gasteiger partial charge in [-0.3, -0.25) is 0 Å². The molecular formula is C10H21N. The maximum atomic E-state index is 3.85. The Morgan fingerprint density at radius 1 is 1.09 bits per heavy atom. The molecule has 0 aromatic carbocycles. The molecule has 0 unspecified atom stereocenters. The highest BCUT2D eigenvalue weighted by Gasteiger charge is 2.35. The van der Waals surface area contributed by atoms with E-state index in [4.69, 9.17) is 0 Å². The Bertz CT molecular complexity index is 143. The summed E-state index contributed by atoms with van der Waals surface area (Å²) in [5, 5.41) is 0. The molecule has 0 aliphatic rings. The fraction of sp³-hybridized carbons (Fsp3) is 0.800. The van der Waals surface area contributed by atoms with Gasteiger partial charge >= 0.3 is 0 Å². The van der Waals surface area contributed by atoms with Crippen molar-refractivity contribution in [1.29, 1.82) is 0 Å².